The Labute approximate surface area is 126 Å². The van der Waals surface area contributed by atoms with E-state index in [1.165, 1.54) is 0 Å². The van der Waals surface area contributed by atoms with Crippen molar-refractivity contribution >= 4 is 34.3 Å². The maximum absolute atomic E-state index is 11.5. The number of carboxylic acid groups (broad SMARTS) is 1. The predicted molar refractivity (Wildman–Crippen MR) is 80.9 cm³/mol. The summed E-state index contributed by atoms with van der Waals surface area (Å²) in [5, 5.41) is 21.7. The first-order valence-corrected chi connectivity index (χ1v) is 7.01. The van der Waals surface area contributed by atoms with Crippen LogP contribution in [-0.2, 0) is 0 Å². The second-order valence-electron chi connectivity index (χ2n) is 4.64. The topological polar surface area (TPSA) is 95.3 Å². The van der Waals surface area contributed by atoms with Crippen molar-refractivity contribution in [2.24, 2.45) is 0 Å². The number of carbonyl (C=O) groups is 1. The van der Waals surface area contributed by atoms with Gasteiger partial charge < -0.3 is 15.5 Å². The third-order valence-electron chi connectivity index (χ3n) is 3.12. The minimum Gasteiger partial charge on any atom is -0.478 e. The summed E-state index contributed by atoms with van der Waals surface area (Å²) in [6, 6.07) is 3.14. The van der Waals surface area contributed by atoms with Crippen LogP contribution in [0.3, 0.4) is 0 Å². The molecule has 2 rings (SSSR count). The smallest absolute Gasteiger partial charge is 0.341 e. The molecule has 0 saturated heterocycles. The molecule has 0 bridgehead atoms. The van der Waals surface area contributed by atoms with Crippen molar-refractivity contribution in [1.82, 2.24) is 9.97 Å². The van der Waals surface area contributed by atoms with Gasteiger partial charge in [-0.2, -0.15) is 0 Å². The van der Waals surface area contributed by atoms with Gasteiger partial charge in [0.1, 0.15) is 16.2 Å². The zero-order chi connectivity index (χ0) is 15.4. The van der Waals surface area contributed by atoms with E-state index in [9.17, 15) is 15.0 Å². The number of nitrogens with one attached hydrogen (secondary N) is 1. The lowest BCUT2D eigenvalue weighted by Crippen LogP contribution is -2.25. The number of fused-ring (bicyclic) bond motifs is 1. The van der Waals surface area contributed by atoms with E-state index in [0.29, 0.717) is 23.1 Å². The number of nitrogens with zero attached hydrogens (tertiary/aromatic N) is 2. The van der Waals surface area contributed by atoms with Gasteiger partial charge in [-0.05, 0) is 18.6 Å². The minimum absolute atomic E-state index is 0.0984. The summed E-state index contributed by atoms with van der Waals surface area (Å²) in [4.78, 5) is 19.7. The van der Waals surface area contributed by atoms with Crippen LogP contribution < -0.4 is 5.32 Å². The van der Waals surface area contributed by atoms with Crippen LogP contribution in [0.25, 0.3) is 11.0 Å². The largest absolute Gasteiger partial charge is 0.478 e. The van der Waals surface area contributed by atoms with Gasteiger partial charge in [-0.1, -0.05) is 24.9 Å². The number of hydrogen-bond donors (Lipinski definition) is 3. The molecular formula is C14H16ClN3O3. The summed E-state index contributed by atoms with van der Waals surface area (Å²) in [5.74, 6) is -1.18. The summed E-state index contributed by atoms with van der Waals surface area (Å²) in [6.45, 7) is 1.87. The van der Waals surface area contributed by atoms with Crippen molar-refractivity contribution in [1.29, 1.82) is 0 Å². The van der Waals surface area contributed by atoms with Gasteiger partial charge in [0.2, 0.25) is 0 Å². The van der Waals surface area contributed by atoms with E-state index in [1.54, 1.807) is 18.3 Å². The third kappa shape index (κ3) is 3.22. The van der Waals surface area contributed by atoms with E-state index < -0.39 is 5.97 Å². The van der Waals surface area contributed by atoms with Gasteiger partial charge in [0.15, 0.2) is 0 Å². The number of rotatable bonds is 6. The Morgan fingerprint density at radius 1 is 1.52 bits per heavy atom. The molecular weight excluding hydrogens is 294 g/mol. The second-order valence-corrected chi connectivity index (χ2v) is 5.00. The van der Waals surface area contributed by atoms with Gasteiger partial charge in [-0.25, -0.2) is 9.78 Å². The van der Waals surface area contributed by atoms with Crippen molar-refractivity contribution < 1.29 is 15.0 Å². The Balaban J connectivity index is 2.61. The lowest BCUT2D eigenvalue weighted by atomic mass is 10.1. The molecule has 2 aromatic rings. The van der Waals surface area contributed by atoms with Crippen LogP contribution in [-0.4, -0.2) is 38.8 Å². The maximum atomic E-state index is 11.5. The third-order valence-corrected chi connectivity index (χ3v) is 3.39. The van der Waals surface area contributed by atoms with Gasteiger partial charge in [0.05, 0.1) is 17.8 Å². The summed E-state index contributed by atoms with van der Waals surface area (Å²) in [7, 11) is 0. The van der Waals surface area contributed by atoms with E-state index in [2.05, 4.69) is 15.3 Å². The Morgan fingerprint density at radius 2 is 2.29 bits per heavy atom. The van der Waals surface area contributed by atoms with Crippen LogP contribution in [0.15, 0.2) is 18.3 Å². The number of carboxylic acids is 1. The van der Waals surface area contributed by atoms with E-state index in [4.69, 9.17) is 11.6 Å². The first kappa shape index (κ1) is 15.5. The van der Waals surface area contributed by atoms with E-state index in [1.807, 2.05) is 6.92 Å². The van der Waals surface area contributed by atoms with Crippen molar-refractivity contribution in [3.05, 3.63) is 29.0 Å². The number of aliphatic hydroxyl groups is 1. The molecule has 6 nitrogen and oxygen atoms in total. The number of halogens is 1. The predicted octanol–water partition coefficient (Wildman–Crippen LogP) is 2.55. The summed E-state index contributed by atoms with van der Waals surface area (Å²) >= 11 is 5.98. The average Bonchev–Trinajstić information content (AvgIpc) is 2.46. The SMILES string of the molecule is CCCC(CO)Nc1c(C(=O)O)c(Cl)nc2cccnc12. The fourth-order valence-corrected chi connectivity index (χ4v) is 2.43. The highest BCUT2D eigenvalue weighted by Gasteiger charge is 2.22. The normalized spacial score (nSPS) is 12.3. The van der Waals surface area contributed by atoms with Crippen LogP contribution in [0.1, 0.15) is 30.1 Å². The molecule has 1 unspecified atom stereocenters. The Bertz CT molecular complexity index is 663. The first-order chi connectivity index (χ1) is 10.1. The van der Waals surface area contributed by atoms with Crippen LogP contribution in [0.4, 0.5) is 5.69 Å². The zero-order valence-electron chi connectivity index (χ0n) is 11.5. The van der Waals surface area contributed by atoms with Crippen LogP contribution in [0.5, 0.6) is 0 Å². The molecule has 0 saturated carbocycles. The van der Waals surface area contributed by atoms with Gasteiger partial charge in [0, 0.05) is 12.2 Å². The average molecular weight is 310 g/mol. The number of anilines is 1. The number of aliphatic hydroxyl groups excluding tert-OH is 1. The lowest BCUT2D eigenvalue weighted by Gasteiger charge is -2.19. The fourth-order valence-electron chi connectivity index (χ4n) is 2.16. The highest BCUT2D eigenvalue weighted by atomic mass is 35.5. The quantitative estimate of drug-likeness (QED) is 0.710. The molecule has 0 aromatic carbocycles. The molecule has 0 aliphatic rings. The molecule has 2 heterocycles. The molecule has 1 atom stereocenters. The Hall–Kier alpha value is -1.92. The fraction of sp³-hybridized carbons (Fsp3) is 0.357. The molecule has 21 heavy (non-hydrogen) atoms. The molecule has 0 aliphatic carbocycles. The standard InChI is InChI=1S/C14H16ClN3O3/c1-2-4-8(7-19)17-12-10(14(20)21)13(15)18-9-5-3-6-16-11(9)12/h3,5-6,8,19H,2,4,7H2,1H3,(H,17,18)(H,20,21). The second kappa shape index (κ2) is 6.69. The molecule has 0 fully saturated rings. The molecule has 0 aliphatic heterocycles. The number of aromatic carboxylic acids is 1. The number of pyridine rings is 2. The van der Waals surface area contributed by atoms with Gasteiger partial charge in [-0.3, -0.25) is 4.98 Å². The van der Waals surface area contributed by atoms with Crippen LogP contribution in [0, 0.1) is 0 Å². The summed E-state index contributed by atoms with van der Waals surface area (Å²) in [5.41, 5.74) is 1.10. The highest BCUT2D eigenvalue weighted by molar-refractivity contribution is 6.34. The van der Waals surface area contributed by atoms with Gasteiger partial charge in [0.25, 0.3) is 0 Å². The number of aromatic nitrogens is 2. The summed E-state index contributed by atoms with van der Waals surface area (Å²) in [6.07, 6.45) is 3.11. The minimum atomic E-state index is -1.18. The highest BCUT2D eigenvalue weighted by Crippen LogP contribution is 2.30. The Morgan fingerprint density at radius 3 is 2.90 bits per heavy atom. The van der Waals surface area contributed by atoms with E-state index in [-0.39, 0.29) is 23.4 Å². The van der Waals surface area contributed by atoms with Crippen LogP contribution in [0.2, 0.25) is 5.15 Å². The molecule has 0 radical (unpaired) electrons. The molecule has 2 aromatic heterocycles. The van der Waals surface area contributed by atoms with Crippen LogP contribution >= 0.6 is 11.6 Å². The van der Waals surface area contributed by atoms with Gasteiger partial charge >= 0.3 is 5.97 Å². The first-order valence-electron chi connectivity index (χ1n) is 6.63. The molecule has 7 heteroatoms. The van der Waals surface area contributed by atoms with Gasteiger partial charge in [-0.15, -0.1) is 0 Å². The van der Waals surface area contributed by atoms with E-state index in [0.717, 1.165) is 6.42 Å². The van der Waals surface area contributed by atoms with Crippen molar-refractivity contribution in [2.45, 2.75) is 25.8 Å². The lowest BCUT2D eigenvalue weighted by molar-refractivity contribution is 0.0697. The number of hydrogen-bond acceptors (Lipinski definition) is 5. The molecule has 0 amide bonds. The Kier molecular flexibility index (Phi) is 4.93. The molecule has 112 valence electrons. The monoisotopic (exact) mass is 309 g/mol. The maximum Gasteiger partial charge on any atom is 0.341 e. The van der Waals surface area contributed by atoms with Crippen molar-refractivity contribution in [3.63, 3.8) is 0 Å². The molecule has 3 N–H and O–H groups in total. The summed E-state index contributed by atoms with van der Waals surface area (Å²) < 4.78 is 0. The zero-order valence-corrected chi connectivity index (χ0v) is 12.3. The van der Waals surface area contributed by atoms with Crippen molar-refractivity contribution in [2.75, 3.05) is 11.9 Å². The van der Waals surface area contributed by atoms with Crippen molar-refractivity contribution in [3.8, 4) is 0 Å². The molecule has 0 spiro atoms. The van der Waals surface area contributed by atoms with E-state index >= 15 is 0 Å².